The first-order valence-electron chi connectivity index (χ1n) is 7.02. The summed E-state index contributed by atoms with van der Waals surface area (Å²) in [5, 5.41) is 9.94. The Morgan fingerprint density at radius 1 is 1.24 bits per heavy atom. The number of carbonyl (C=O) groups excluding carboxylic acids is 1. The summed E-state index contributed by atoms with van der Waals surface area (Å²) in [7, 11) is 0. The molecule has 1 aliphatic rings. The Morgan fingerprint density at radius 3 is 2.90 bits per heavy atom. The van der Waals surface area contributed by atoms with Gasteiger partial charge in [0.2, 0.25) is 0 Å². The predicted molar refractivity (Wildman–Crippen MR) is 78.0 cm³/mol. The van der Waals surface area contributed by atoms with E-state index in [9.17, 15) is 9.59 Å². The van der Waals surface area contributed by atoms with Crippen LogP contribution in [0.1, 0.15) is 23.2 Å². The van der Waals surface area contributed by atoms with Gasteiger partial charge < -0.3 is 10.0 Å². The lowest BCUT2D eigenvalue weighted by atomic mass is 9.97. The Hall–Kier alpha value is -2.43. The Balaban J connectivity index is 1.92. The van der Waals surface area contributed by atoms with E-state index in [4.69, 9.17) is 5.11 Å². The van der Waals surface area contributed by atoms with Crippen LogP contribution in [-0.4, -0.2) is 40.0 Å². The number of rotatable bonds is 2. The standard InChI is InChI=1S/C16H16N2O3/c19-15(18-9-3-4-11(10-18)16(20)21)13-5-1-7-14-12(13)6-2-8-17-14/h1-2,5-8,11H,3-4,9-10H2,(H,20,21). The monoisotopic (exact) mass is 284 g/mol. The number of piperidine rings is 1. The molecule has 1 unspecified atom stereocenters. The van der Waals surface area contributed by atoms with Gasteiger partial charge in [-0.3, -0.25) is 14.6 Å². The Bertz CT molecular complexity index is 693. The number of hydrogen-bond acceptors (Lipinski definition) is 3. The number of carbonyl (C=O) groups is 2. The van der Waals surface area contributed by atoms with E-state index in [0.29, 0.717) is 18.5 Å². The number of carboxylic acids is 1. The fourth-order valence-electron chi connectivity index (χ4n) is 2.82. The van der Waals surface area contributed by atoms with Crippen molar-refractivity contribution >= 4 is 22.8 Å². The van der Waals surface area contributed by atoms with Crippen molar-refractivity contribution in [2.75, 3.05) is 13.1 Å². The van der Waals surface area contributed by atoms with Gasteiger partial charge in [-0.2, -0.15) is 0 Å². The van der Waals surface area contributed by atoms with Crippen molar-refractivity contribution in [1.82, 2.24) is 9.88 Å². The van der Waals surface area contributed by atoms with Crippen LogP contribution in [0.25, 0.3) is 10.9 Å². The number of carboxylic acid groups (broad SMARTS) is 1. The van der Waals surface area contributed by atoms with Gasteiger partial charge in [-0.25, -0.2) is 0 Å². The number of amides is 1. The highest BCUT2D eigenvalue weighted by molar-refractivity contribution is 6.06. The van der Waals surface area contributed by atoms with Gasteiger partial charge in [0.05, 0.1) is 11.4 Å². The van der Waals surface area contributed by atoms with E-state index < -0.39 is 11.9 Å². The Morgan fingerprint density at radius 2 is 2.10 bits per heavy atom. The first kappa shape index (κ1) is 13.5. The van der Waals surface area contributed by atoms with Crippen molar-refractivity contribution in [1.29, 1.82) is 0 Å². The molecule has 1 N–H and O–H groups in total. The molecule has 1 aliphatic heterocycles. The van der Waals surface area contributed by atoms with Gasteiger partial charge in [-0.05, 0) is 31.0 Å². The van der Waals surface area contributed by atoms with Gasteiger partial charge >= 0.3 is 5.97 Å². The van der Waals surface area contributed by atoms with Gasteiger partial charge in [0.15, 0.2) is 0 Å². The van der Waals surface area contributed by atoms with Crippen molar-refractivity contribution in [3.8, 4) is 0 Å². The number of fused-ring (bicyclic) bond motifs is 1. The number of nitrogens with zero attached hydrogens (tertiary/aromatic N) is 2. The van der Waals surface area contributed by atoms with E-state index >= 15 is 0 Å². The molecule has 1 aromatic heterocycles. The average molecular weight is 284 g/mol. The lowest BCUT2D eigenvalue weighted by Gasteiger charge is -2.31. The van der Waals surface area contributed by atoms with Gasteiger partial charge in [-0.1, -0.05) is 12.1 Å². The van der Waals surface area contributed by atoms with Crippen molar-refractivity contribution in [2.24, 2.45) is 5.92 Å². The number of benzene rings is 1. The van der Waals surface area contributed by atoms with E-state index in [1.807, 2.05) is 12.1 Å². The van der Waals surface area contributed by atoms with Gasteiger partial charge in [0.1, 0.15) is 0 Å². The molecule has 1 atom stereocenters. The van der Waals surface area contributed by atoms with Crippen molar-refractivity contribution in [3.05, 3.63) is 42.1 Å². The third kappa shape index (κ3) is 2.59. The van der Waals surface area contributed by atoms with Crippen LogP contribution in [0.4, 0.5) is 0 Å². The highest BCUT2D eigenvalue weighted by Crippen LogP contribution is 2.22. The van der Waals surface area contributed by atoms with E-state index in [0.717, 1.165) is 17.3 Å². The largest absolute Gasteiger partial charge is 0.481 e. The SMILES string of the molecule is O=C(O)C1CCCN(C(=O)c2cccc3ncccc23)C1. The van der Waals surface area contributed by atoms with Crippen LogP contribution in [0.2, 0.25) is 0 Å². The molecule has 1 fully saturated rings. The summed E-state index contributed by atoms with van der Waals surface area (Å²) >= 11 is 0. The summed E-state index contributed by atoms with van der Waals surface area (Å²) in [6.07, 6.45) is 3.06. The molecule has 1 amide bonds. The third-order valence-electron chi connectivity index (χ3n) is 3.93. The zero-order valence-corrected chi connectivity index (χ0v) is 11.5. The van der Waals surface area contributed by atoms with E-state index in [1.165, 1.54) is 0 Å². The molecular weight excluding hydrogens is 268 g/mol. The maximum absolute atomic E-state index is 12.7. The fourth-order valence-corrected chi connectivity index (χ4v) is 2.82. The van der Waals surface area contributed by atoms with Crippen LogP contribution in [0, 0.1) is 5.92 Å². The smallest absolute Gasteiger partial charge is 0.308 e. The Kier molecular flexibility index (Phi) is 3.56. The number of aliphatic carboxylic acids is 1. The van der Waals surface area contributed by atoms with Gasteiger partial charge in [-0.15, -0.1) is 0 Å². The summed E-state index contributed by atoms with van der Waals surface area (Å²) in [5.74, 6) is -1.40. The number of likely N-dealkylation sites (tertiary alicyclic amines) is 1. The number of hydrogen-bond donors (Lipinski definition) is 1. The minimum atomic E-state index is -0.827. The molecule has 5 nitrogen and oxygen atoms in total. The maximum atomic E-state index is 12.7. The van der Waals surface area contributed by atoms with Crippen LogP contribution in [0.5, 0.6) is 0 Å². The number of pyridine rings is 1. The zero-order valence-electron chi connectivity index (χ0n) is 11.5. The fraction of sp³-hybridized carbons (Fsp3) is 0.312. The molecule has 1 saturated heterocycles. The minimum absolute atomic E-state index is 0.112. The molecule has 21 heavy (non-hydrogen) atoms. The summed E-state index contributed by atoms with van der Waals surface area (Å²) in [5.41, 5.74) is 1.36. The molecule has 0 saturated carbocycles. The first-order valence-corrected chi connectivity index (χ1v) is 7.02. The molecule has 3 rings (SSSR count). The van der Waals surface area contributed by atoms with Crippen LogP contribution >= 0.6 is 0 Å². The molecule has 1 aromatic carbocycles. The minimum Gasteiger partial charge on any atom is -0.481 e. The quantitative estimate of drug-likeness (QED) is 0.917. The summed E-state index contributed by atoms with van der Waals surface area (Å²) in [4.78, 5) is 29.7. The molecule has 108 valence electrons. The maximum Gasteiger partial charge on any atom is 0.308 e. The van der Waals surface area contributed by atoms with Crippen LogP contribution in [0.15, 0.2) is 36.5 Å². The average Bonchev–Trinajstić information content (AvgIpc) is 2.53. The number of aromatic nitrogens is 1. The lowest BCUT2D eigenvalue weighted by Crippen LogP contribution is -2.42. The molecular formula is C16H16N2O3. The topological polar surface area (TPSA) is 70.5 Å². The van der Waals surface area contributed by atoms with E-state index in [2.05, 4.69) is 4.98 Å². The highest BCUT2D eigenvalue weighted by atomic mass is 16.4. The second-order valence-electron chi connectivity index (χ2n) is 5.30. The second-order valence-corrected chi connectivity index (χ2v) is 5.30. The van der Waals surface area contributed by atoms with Crippen LogP contribution < -0.4 is 0 Å². The van der Waals surface area contributed by atoms with Crippen molar-refractivity contribution in [3.63, 3.8) is 0 Å². The first-order chi connectivity index (χ1) is 10.2. The van der Waals surface area contributed by atoms with Crippen LogP contribution in [-0.2, 0) is 4.79 Å². The van der Waals surface area contributed by atoms with E-state index in [-0.39, 0.29) is 12.5 Å². The second kappa shape index (κ2) is 5.52. The molecule has 2 aromatic rings. The Labute approximate surface area is 122 Å². The van der Waals surface area contributed by atoms with E-state index in [1.54, 1.807) is 29.3 Å². The zero-order chi connectivity index (χ0) is 14.8. The lowest BCUT2D eigenvalue weighted by molar-refractivity contribution is -0.143. The van der Waals surface area contributed by atoms with Gasteiger partial charge in [0, 0.05) is 30.2 Å². The molecule has 0 aliphatic carbocycles. The van der Waals surface area contributed by atoms with Crippen molar-refractivity contribution in [2.45, 2.75) is 12.8 Å². The molecule has 5 heteroatoms. The molecule has 0 bridgehead atoms. The summed E-state index contributed by atoms with van der Waals surface area (Å²) < 4.78 is 0. The predicted octanol–water partition coefficient (Wildman–Crippen LogP) is 2.17. The third-order valence-corrected chi connectivity index (χ3v) is 3.93. The van der Waals surface area contributed by atoms with Crippen LogP contribution in [0.3, 0.4) is 0 Å². The molecule has 0 radical (unpaired) electrons. The summed E-state index contributed by atoms with van der Waals surface area (Å²) in [6.45, 7) is 0.893. The highest BCUT2D eigenvalue weighted by Gasteiger charge is 2.29. The summed E-state index contributed by atoms with van der Waals surface area (Å²) in [6, 6.07) is 9.11. The molecule has 0 spiro atoms. The van der Waals surface area contributed by atoms with Crippen molar-refractivity contribution < 1.29 is 14.7 Å². The molecule has 2 heterocycles. The van der Waals surface area contributed by atoms with Gasteiger partial charge in [0.25, 0.3) is 5.91 Å². The normalized spacial score (nSPS) is 18.7.